The van der Waals surface area contributed by atoms with Crippen LogP contribution in [0.25, 0.3) is 0 Å². The monoisotopic (exact) mass is 308 g/mol. The Labute approximate surface area is 128 Å². The van der Waals surface area contributed by atoms with E-state index in [9.17, 15) is 5.11 Å². The Hall–Kier alpha value is -1.16. The summed E-state index contributed by atoms with van der Waals surface area (Å²) in [4.78, 5) is 0. The van der Waals surface area contributed by atoms with Gasteiger partial charge in [0.2, 0.25) is 0 Å². The highest BCUT2D eigenvalue weighted by molar-refractivity contribution is 7.98. The van der Waals surface area contributed by atoms with Crippen LogP contribution in [0.4, 0.5) is 0 Å². The first kappa shape index (κ1) is 15.2. The molecule has 0 aliphatic rings. The average Bonchev–Trinajstić information content (AvgIpc) is 2.49. The van der Waals surface area contributed by atoms with Crippen molar-refractivity contribution in [2.45, 2.75) is 11.9 Å². The lowest BCUT2D eigenvalue weighted by Gasteiger charge is -2.12. The molecule has 0 heterocycles. The summed E-state index contributed by atoms with van der Waals surface area (Å²) in [6, 6.07) is 15.3. The predicted molar refractivity (Wildman–Crippen MR) is 85.6 cm³/mol. The van der Waals surface area contributed by atoms with E-state index in [2.05, 4.69) is 0 Å². The van der Waals surface area contributed by atoms with Crippen molar-refractivity contribution in [1.29, 1.82) is 0 Å². The molecule has 2 rings (SSSR count). The molecule has 0 aliphatic carbocycles. The zero-order valence-electron chi connectivity index (χ0n) is 11.3. The average molecular weight is 309 g/mol. The Bertz CT molecular complexity index is 560. The first-order chi connectivity index (χ1) is 9.70. The van der Waals surface area contributed by atoms with Gasteiger partial charge in [0.25, 0.3) is 0 Å². The van der Waals surface area contributed by atoms with E-state index < -0.39 is 6.10 Å². The van der Waals surface area contributed by atoms with E-state index in [1.165, 1.54) is 0 Å². The first-order valence-corrected chi connectivity index (χ1v) is 7.87. The van der Waals surface area contributed by atoms with Crippen molar-refractivity contribution in [2.24, 2.45) is 0 Å². The molecule has 2 aromatic carbocycles. The lowest BCUT2D eigenvalue weighted by Crippen LogP contribution is -2.01. The number of aliphatic hydroxyl groups excluding tert-OH is 1. The molecule has 0 aliphatic heterocycles. The number of hydrogen-bond acceptors (Lipinski definition) is 3. The quantitative estimate of drug-likeness (QED) is 0.862. The minimum Gasteiger partial charge on any atom is -0.497 e. The number of thioether (sulfide) groups is 1. The zero-order chi connectivity index (χ0) is 14.4. The highest BCUT2D eigenvalue weighted by Gasteiger charge is 2.09. The molecule has 0 fully saturated rings. The third kappa shape index (κ3) is 4.17. The highest BCUT2D eigenvalue weighted by atomic mass is 35.5. The van der Waals surface area contributed by atoms with Crippen molar-refractivity contribution < 1.29 is 9.84 Å². The molecule has 0 saturated carbocycles. The summed E-state index contributed by atoms with van der Waals surface area (Å²) in [6.07, 6.45) is -0.502. The van der Waals surface area contributed by atoms with E-state index in [0.717, 1.165) is 27.7 Å². The summed E-state index contributed by atoms with van der Waals surface area (Å²) >= 11 is 7.77. The Balaban J connectivity index is 1.89. The number of aliphatic hydroxyl groups is 1. The molecular weight excluding hydrogens is 292 g/mol. The molecule has 20 heavy (non-hydrogen) atoms. The molecule has 4 heteroatoms. The Morgan fingerprint density at radius 1 is 1.20 bits per heavy atom. The van der Waals surface area contributed by atoms with Crippen molar-refractivity contribution in [2.75, 3.05) is 12.9 Å². The largest absolute Gasteiger partial charge is 0.497 e. The lowest BCUT2D eigenvalue weighted by atomic mass is 10.1. The molecule has 1 atom stereocenters. The molecule has 0 spiro atoms. The molecule has 1 unspecified atom stereocenters. The van der Waals surface area contributed by atoms with Gasteiger partial charge in [0, 0.05) is 16.5 Å². The molecule has 0 saturated heterocycles. The normalized spacial score (nSPS) is 12.2. The molecule has 106 valence electrons. The van der Waals surface area contributed by atoms with Crippen LogP contribution in [0.1, 0.15) is 17.2 Å². The van der Waals surface area contributed by atoms with Crippen LogP contribution < -0.4 is 4.74 Å². The second-order valence-corrected chi connectivity index (χ2v) is 5.84. The van der Waals surface area contributed by atoms with Gasteiger partial charge >= 0.3 is 0 Å². The predicted octanol–water partition coefficient (Wildman–Crippen LogP) is 4.32. The number of halogens is 1. The van der Waals surface area contributed by atoms with E-state index >= 15 is 0 Å². The minimum atomic E-state index is -0.502. The first-order valence-electron chi connectivity index (χ1n) is 6.34. The van der Waals surface area contributed by atoms with Gasteiger partial charge in [-0.15, -0.1) is 0 Å². The van der Waals surface area contributed by atoms with Crippen LogP contribution in [-0.2, 0) is 5.75 Å². The molecule has 0 bridgehead atoms. The number of benzene rings is 2. The van der Waals surface area contributed by atoms with Crippen molar-refractivity contribution in [1.82, 2.24) is 0 Å². The third-order valence-electron chi connectivity index (χ3n) is 2.97. The Morgan fingerprint density at radius 2 is 2.00 bits per heavy atom. The number of hydrogen-bond donors (Lipinski definition) is 1. The fourth-order valence-corrected chi connectivity index (χ4v) is 3.13. The van der Waals surface area contributed by atoms with Gasteiger partial charge in [0.05, 0.1) is 13.2 Å². The summed E-state index contributed by atoms with van der Waals surface area (Å²) in [5.74, 6) is 2.18. The summed E-state index contributed by atoms with van der Waals surface area (Å²) in [5, 5.41) is 11.0. The SMILES string of the molecule is COc1cccc(C(O)CSCc2ccccc2Cl)c1. The van der Waals surface area contributed by atoms with Gasteiger partial charge in [-0.05, 0) is 29.3 Å². The minimum absolute atomic E-state index is 0.502. The molecule has 2 aromatic rings. The van der Waals surface area contributed by atoms with Crippen LogP contribution in [0.3, 0.4) is 0 Å². The van der Waals surface area contributed by atoms with Gasteiger partial charge in [0.1, 0.15) is 5.75 Å². The van der Waals surface area contributed by atoms with Crippen molar-refractivity contribution in [3.8, 4) is 5.75 Å². The number of methoxy groups -OCH3 is 1. The molecule has 0 radical (unpaired) electrons. The highest BCUT2D eigenvalue weighted by Crippen LogP contribution is 2.26. The molecule has 2 nitrogen and oxygen atoms in total. The van der Waals surface area contributed by atoms with Crippen LogP contribution >= 0.6 is 23.4 Å². The molecule has 0 aromatic heterocycles. The van der Waals surface area contributed by atoms with Gasteiger partial charge in [-0.25, -0.2) is 0 Å². The number of rotatable bonds is 6. The van der Waals surface area contributed by atoms with Crippen LogP contribution in [0, 0.1) is 0 Å². The van der Waals surface area contributed by atoms with Crippen LogP contribution in [-0.4, -0.2) is 18.0 Å². The maximum atomic E-state index is 10.2. The van der Waals surface area contributed by atoms with Gasteiger partial charge < -0.3 is 9.84 Å². The van der Waals surface area contributed by atoms with Crippen molar-refractivity contribution >= 4 is 23.4 Å². The second-order valence-electron chi connectivity index (χ2n) is 4.40. The van der Waals surface area contributed by atoms with E-state index in [1.807, 2.05) is 48.5 Å². The topological polar surface area (TPSA) is 29.5 Å². The summed E-state index contributed by atoms with van der Waals surface area (Å²) in [7, 11) is 1.62. The summed E-state index contributed by atoms with van der Waals surface area (Å²) in [5.41, 5.74) is 1.97. The second kappa shape index (κ2) is 7.58. The molecular formula is C16H17ClO2S. The van der Waals surface area contributed by atoms with Crippen molar-refractivity contribution in [3.05, 3.63) is 64.7 Å². The maximum absolute atomic E-state index is 10.2. The fourth-order valence-electron chi connectivity index (χ4n) is 1.84. The van der Waals surface area contributed by atoms with E-state index in [0.29, 0.717) is 5.75 Å². The van der Waals surface area contributed by atoms with Crippen LogP contribution in [0.15, 0.2) is 48.5 Å². The number of ether oxygens (including phenoxy) is 1. The standard InChI is InChI=1S/C16H17ClO2S/c1-19-14-7-4-6-12(9-14)16(18)11-20-10-13-5-2-3-8-15(13)17/h2-9,16,18H,10-11H2,1H3. The summed E-state index contributed by atoms with van der Waals surface area (Å²) < 4.78 is 5.16. The Morgan fingerprint density at radius 3 is 2.75 bits per heavy atom. The third-order valence-corrected chi connectivity index (χ3v) is 4.40. The van der Waals surface area contributed by atoms with Gasteiger partial charge in [0.15, 0.2) is 0 Å². The zero-order valence-corrected chi connectivity index (χ0v) is 12.8. The van der Waals surface area contributed by atoms with E-state index in [-0.39, 0.29) is 0 Å². The van der Waals surface area contributed by atoms with Crippen LogP contribution in [0.5, 0.6) is 5.75 Å². The van der Waals surface area contributed by atoms with Gasteiger partial charge in [-0.3, -0.25) is 0 Å². The van der Waals surface area contributed by atoms with E-state index in [1.54, 1.807) is 18.9 Å². The fraction of sp³-hybridized carbons (Fsp3) is 0.250. The van der Waals surface area contributed by atoms with E-state index in [4.69, 9.17) is 16.3 Å². The molecule has 0 amide bonds. The smallest absolute Gasteiger partial charge is 0.119 e. The Kier molecular flexibility index (Phi) is 5.77. The molecule has 1 N–H and O–H groups in total. The lowest BCUT2D eigenvalue weighted by molar-refractivity contribution is 0.203. The van der Waals surface area contributed by atoms with Gasteiger partial charge in [-0.1, -0.05) is 41.9 Å². The van der Waals surface area contributed by atoms with Crippen molar-refractivity contribution in [3.63, 3.8) is 0 Å². The van der Waals surface area contributed by atoms with Crippen LogP contribution in [0.2, 0.25) is 5.02 Å². The maximum Gasteiger partial charge on any atom is 0.119 e. The van der Waals surface area contributed by atoms with Gasteiger partial charge in [-0.2, -0.15) is 11.8 Å². The summed E-state index contributed by atoms with van der Waals surface area (Å²) in [6.45, 7) is 0.